The first kappa shape index (κ1) is 15.7. The molecule has 0 unspecified atom stereocenters. The van der Waals surface area contributed by atoms with E-state index in [9.17, 15) is 4.79 Å². The van der Waals surface area contributed by atoms with Crippen LogP contribution in [0.1, 0.15) is 29.8 Å². The van der Waals surface area contributed by atoms with Crippen molar-refractivity contribution in [2.24, 2.45) is 0 Å². The van der Waals surface area contributed by atoms with Gasteiger partial charge in [0.2, 0.25) is 0 Å². The Morgan fingerprint density at radius 1 is 1.27 bits per heavy atom. The number of pyridine rings is 1. The summed E-state index contributed by atoms with van der Waals surface area (Å²) in [6.45, 7) is 5.28. The standard InChI is InChI=1S/C16H22ClN3O2/c17-13-4-5-15(18-10-13)16(21)20-8-3-9-22-14(12-20)11-19-6-1-2-7-19/h4-5,10,14H,1-3,6-9,11-12H2/t14-/m1/s1. The first-order valence-electron chi connectivity index (χ1n) is 7.97. The topological polar surface area (TPSA) is 45.7 Å². The van der Waals surface area contributed by atoms with Crippen LogP contribution in [0.2, 0.25) is 5.02 Å². The third kappa shape index (κ3) is 3.97. The third-order valence-electron chi connectivity index (χ3n) is 4.24. The molecule has 0 aromatic carbocycles. The molecule has 5 nitrogen and oxygen atoms in total. The number of nitrogens with zero attached hydrogens (tertiary/aromatic N) is 3. The third-order valence-corrected chi connectivity index (χ3v) is 4.47. The lowest BCUT2D eigenvalue weighted by atomic mass is 10.2. The second-order valence-electron chi connectivity index (χ2n) is 5.97. The van der Waals surface area contributed by atoms with Crippen molar-refractivity contribution in [1.82, 2.24) is 14.8 Å². The van der Waals surface area contributed by atoms with Gasteiger partial charge in [0.05, 0.1) is 11.1 Å². The van der Waals surface area contributed by atoms with E-state index in [0.29, 0.717) is 17.3 Å². The van der Waals surface area contributed by atoms with Gasteiger partial charge in [-0.25, -0.2) is 4.98 Å². The summed E-state index contributed by atoms with van der Waals surface area (Å²) >= 11 is 5.83. The van der Waals surface area contributed by atoms with Crippen molar-refractivity contribution in [3.05, 3.63) is 29.0 Å². The Morgan fingerprint density at radius 2 is 2.09 bits per heavy atom. The fraction of sp³-hybridized carbons (Fsp3) is 0.625. The van der Waals surface area contributed by atoms with Gasteiger partial charge in [0.1, 0.15) is 5.69 Å². The summed E-state index contributed by atoms with van der Waals surface area (Å²) in [5.74, 6) is -0.0337. The summed E-state index contributed by atoms with van der Waals surface area (Å²) in [5.41, 5.74) is 0.450. The van der Waals surface area contributed by atoms with Gasteiger partial charge < -0.3 is 14.5 Å². The SMILES string of the molecule is O=C(c1ccc(Cl)cn1)N1CCCO[C@H](CN2CCCC2)C1. The van der Waals surface area contributed by atoms with Crippen molar-refractivity contribution >= 4 is 17.5 Å². The quantitative estimate of drug-likeness (QED) is 0.854. The van der Waals surface area contributed by atoms with Gasteiger partial charge in [-0.05, 0) is 44.5 Å². The Kier molecular flexibility index (Phi) is 5.28. The normalized spacial score (nSPS) is 23.5. The molecule has 22 heavy (non-hydrogen) atoms. The Hall–Kier alpha value is -1.17. The number of carbonyl (C=O) groups is 1. The van der Waals surface area contributed by atoms with Gasteiger partial charge in [0.25, 0.3) is 5.91 Å². The number of ether oxygens (including phenoxy) is 1. The average Bonchev–Trinajstić information content (AvgIpc) is 2.92. The van der Waals surface area contributed by atoms with Crippen LogP contribution in [0.5, 0.6) is 0 Å². The number of halogens is 1. The highest BCUT2D eigenvalue weighted by atomic mass is 35.5. The van der Waals surface area contributed by atoms with Crippen LogP contribution in [0.15, 0.2) is 18.3 Å². The molecule has 120 valence electrons. The van der Waals surface area contributed by atoms with E-state index < -0.39 is 0 Å². The van der Waals surface area contributed by atoms with Crippen molar-refractivity contribution in [2.75, 3.05) is 39.3 Å². The summed E-state index contributed by atoms with van der Waals surface area (Å²) in [4.78, 5) is 21.0. The van der Waals surface area contributed by atoms with Crippen LogP contribution in [0.25, 0.3) is 0 Å². The summed E-state index contributed by atoms with van der Waals surface area (Å²) in [7, 11) is 0. The lowest BCUT2D eigenvalue weighted by molar-refractivity contribution is 0.0296. The molecule has 0 saturated carbocycles. The average molecular weight is 324 g/mol. The lowest BCUT2D eigenvalue weighted by Crippen LogP contribution is -2.42. The van der Waals surface area contributed by atoms with Crippen molar-refractivity contribution in [3.63, 3.8) is 0 Å². The molecule has 2 aliphatic heterocycles. The van der Waals surface area contributed by atoms with Crippen LogP contribution >= 0.6 is 11.6 Å². The second kappa shape index (κ2) is 7.40. The molecule has 1 atom stereocenters. The van der Waals surface area contributed by atoms with Crippen LogP contribution in [0.4, 0.5) is 0 Å². The Morgan fingerprint density at radius 3 is 2.82 bits per heavy atom. The highest BCUT2D eigenvalue weighted by Crippen LogP contribution is 2.15. The summed E-state index contributed by atoms with van der Waals surface area (Å²) in [6.07, 6.45) is 5.02. The van der Waals surface area contributed by atoms with Gasteiger partial charge in [0.15, 0.2) is 0 Å². The Balaban J connectivity index is 1.63. The molecule has 0 bridgehead atoms. The highest BCUT2D eigenvalue weighted by molar-refractivity contribution is 6.30. The minimum Gasteiger partial charge on any atom is -0.375 e. The van der Waals surface area contributed by atoms with Gasteiger partial charge in [0, 0.05) is 32.4 Å². The summed E-state index contributed by atoms with van der Waals surface area (Å²) < 4.78 is 5.92. The zero-order valence-corrected chi connectivity index (χ0v) is 13.5. The van der Waals surface area contributed by atoms with Crippen LogP contribution in [0, 0.1) is 0 Å². The van der Waals surface area contributed by atoms with Crippen molar-refractivity contribution in [2.45, 2.75) is 25.4 Å². The molecule has 1 aromatic heterocycles. The Labute approximate surface area is 136 Å². The maximum absolute atomic E-state index is 12.6. The number of rotatable bonds is 3. The maximum atomic E-state index is 12.6. The highest BCUT2D eigenvalue weighted by Gasteiger charge is 2.26. The summed E-state index contributed by atoms with van der Waals surface area (Å²) in [5, 5.41) is 0.544. The van der Waals surface area contributed by atoms with Gasteiger partial charge in [-0.3, -0.25) is 4.79 Å². The largest absolute Gasteiger partial charge is 0.375 e. The number of hydrogen-bond acceptors (Lipinski definition) is 4. The van der Waals surface area contributed by atoms with E-state index in [2.05, 4.69) is 9.88 Å². The van der Waals surface area contributed by atoms with E-state index >= 15 is 0 Å². The van der Waals surface area contributed by atoms with Crippen molar-refractivity contribution in [3.8, 4) is 0 Å². The number of likely N-dealkylation sites (tertiary alicyclic amines) is 1. The molecule has 0 spiro atoms. The molecule has 1 aromatic rings. The minimum atomic E-state index is -0.0337. The van der Waals surface area contributed by atoms with Gasteiger partial charge in [-0.1, -0.05) is 11.6 Å². The van der Waals surface area contributed by atoms with Crippen molar-refractivity contribution in [1.29, 1.82) is 0 Å². The number of carbonyl (C=O) groups excluding carboxylic acids is 1. The minimum absolute atomic E-state index is 0.0337. The van der Waals surface area contributed by atoms with E-state index in [1.165, 1.54) is 19.0 Å². The van der Waals surface area contributed by atoms with Crippen LogP contribution in [0.3, 0.4) is 0 Å². The van der Waals surface area contributed by atoms with E-state index in [-0.39, 0.29) is 12.0 Å². The van der Waals surface area contributed by atoms with E-state index in [4.69, 9.17) is 16.3 Å². The maximum Gasteiger partial charge on any atom is 0.272 e. The van der Waals surface area contributed by atoms with Crippen molar-refractivity contribution < 1.29 is 9.53 Å². The number of aromatic nitrogens is 1. The predicted octanol–water partition coefficient (Wildman–Crippen LogP) is 2.06. The second-order valence-corrected chi connectivity index (χ2v) is 6.40. The molecule has 3 rings (SSSR count). The molecule has 3 heterocycles. The predicted molar refractivity (Wildman–Crippen MR) is 85.2 cm³/mol. The molecule has 2 saturated heterocycles. The molecule has 0 aliphatic carbocycles. The fourth-order valence-electron chi connectivity index (χ4n) is 3.11. The van der Waals surface area contributed by atoms with Crippen LogP contribution in [-0.4, -0.2) is 66.1 Å². The first-order valence-corrected chi connectivity index (χ1v) is 8.35. The fourth-order valence-corrected chi connectivity index (χ4v) is 3.22. The van der Waals surface area contributed by atoms with Gasteiger partial charge in [-0.2, -0.15) is 0 Å². The zero-order chi connectivity index (χ0) is 15.4. The smallest absolute Gasteiger partial charge is 0.272 e. The van der Waals surface area contributed by atoms with E-state index in [1.807, 2.05) is 4.90 Å². The molecular weight excluding hydrogens is 302 g/mol. The molecular formula is C16H22ClN3O2. The van der Waals surface area contributed by atoms with E-state index in [1.54, 1.807) is 12.1 Å². The molecule has 1 amide bonds. The molecule has 0 N–H and O–H groups in total. The number of amides is 1. The van der Waals surface area contributed by atoms with Crippen LogP contribution in [-0.2, 0) is 4.74 Å². The van der Waals surface area contributed by atoms with Crippen LogP contribution < -0.4 is 0 Å². The van der Waals surface area contributed by atoms with E-state index in [0.717, 1.165) is 39.2 Å². The van der Waals surface area contributed by atoms with Gasteiger partial charge in [-0.15, -0.1) is 0 Å². The molecule has 2 aliphatic rings. The first-order chi connectivity index (χ1) is 10.7. The molecule has 2 fully saturated rings. The molecule has 6 heteroatoms. The van der Waals surface area contributed by atoms with Gasteiger partial charge >= 0.3 is 0 Å². The summed E-state index contributed by atoms with van der Waals surface area (Å²) in [6, 6.07) is 3.39. The zero-order valence-electron chi connectivity index (χ0n) is 12.7. The Bertz CT molecular complexity index is 503. The lowest BCUT2D eigenvalue weighted by Gasteiger charge is -2.26. The monoisotopic (exact) mass is 323 g/mol. The number of hydrogen-bond donors (Lipinski definition) is 0. The molecule has 0 radical (unpaired) electrons.